The van der Waals surface area contributed by atoms with Gasteiger partial charge in [0, 0.05) is 6.42 Å². The van der Waals surface area contributed by atoms with Crippen molar-refractivity contribution in [1.29, 1.82) is 0 Å². The zero-order valence-corrected chi connectivity index (χ0v) is 13.3. The summed E-state index contributed by atoms with van der Waals surface area (Å²) in [7, 11) is -3.70. The summed E-state index contributed by atoms with van der Waals surface area (Å²) in [4.78, 5) is 11.5. The van der Waals surface area contributed by atoms with Crippen LogP contribution in [-0.4, -0.2) is 14.4 Å². The summed E-state index contributed by atoms with van der Waals surface area (Å²) in [5, 5.41) is 1.91. The molecule has 0 atom stereocenters. The van der Waals surface area contributed by atoms with E-state index in [-0.39, 0.29) is 22.1 Å². The van der Waals surface area contributed by atoms with Crippen LogP contribution in [0.2, 0.25) is 0 Å². The fourth-order valence-corrected chi connectivity index (χ4v) is 3.39. The minimum absolute atomic E-state index is 0.159. The zero-order chi connectivity index (χ0) is 15.5. The van der Waals surface area contributed by atoms with Gasteiger partial charge in [0.2, 0.25) is 5.06 Å². The normalized spacial score (nSPS) is 11.1. The van der Waals surface area contributed by atoms with Gasteiger partial charge in [-0.2, -0.15) is 0 Å². The Morgan fingerprint density at radius 1 is 1.24 bits per heavy atom. The minimum atomic E-state index is -3.70. The standard InChI is InChI=1S/C14H15NO4S2/c1-3-13(16)19-14-12(8-9-20-14)15-21(17,18)11-6-4-10(2)5-7-11/h4-9,15H,3H2,1-2H3. The van der Waals surface area contributed by atoms with E-state index >= 15 is 0 Å². The van der Waals surface area contributed by atoms with Gasteiger partial charge >= 0.3 is 5.97 Å². The molecule has 0 saturated carbocycles. The van der Waals surface area contributed by atoms with E-state index in [1.54, 1.807) is 30.5 Å². The van der Waals surface area contributed by atoms with Gasteiger partial charge in [0.1, 0.15) is 5.69 Å². The Morgan fingerprint density at radius 2 is 1.90 bits per heavy atom. The molecule has 0 amide bonds. The van der Waals surface area contributed by atoms with Gasteiger partial charge in [0.25, 0.3) is 10.0 Å². The lowest BCUT2D eigenvalue weighted by Crippen LogP contribution is -2.14. The zero-order valence-electron chi connectivity index (χ0n) is 11.6. The number of nitrogens with one attached hydrogen (secondary N) is 1. The molecule has 0 radical (unpaired) electrons. The number of anilines is 1. The molecule has 0 aliphatic rings. The fraction of sp³-hybridized carbons (Fsp3) is 0.214. The van der Waals surface area contributed by atoms with E-state index < -0.39 is 16.0 Å². The van der Waals surface area contributed by atoms with Crippen LogP contribution in [0.1, 0.15) is 18.9 Å². The molecule has 0 spiro atoms. The van der Waals surface area contributed by atoms with Crippen LogP contribution < -0.4 is 9.46 Å². The summed E-state index contributed by atoms with van der Waals surface area (Å²) in [6.07, 6.45) is 0.224. The van der Waals surface area contributed by atoms with Crippen molar-refractivity contribution in [2.24, 2.45) is 0 Å². The van der Waals surface area contributed by atoms with Gasteiger partial charge < -0.3 is 4.74 Å². The predicted molar refractivity (Wildman–Crippen MR) is 82.2 cm³/mol. The summed E-state index contributed by atoms with van der Waals surface area (Å²) >= 11 is 1.16. The molecule has 5 nitrogen and oxygen atoms in total. The maximum atomic E-state index is 12.3. The molecule has 2 rings (SSSR count). The third kappa shape index (κ3) is 3.83. The van der Waals surface area contributed by atoms with E-state index in [0.717, 1.165) is 16.9 Å². The summed E-state index contributed by atoms with van der Waals surface area (Å²) < 4.78 is 32.1. The molecule has 21 heavy (non-hydrogen) atoms. The van der Waals surface area contributed by atoms with Gasteiger partial charge in [0.15, 0.2) is 0 Å². The maximum Gasteiger partial charge on any atom is 0.311 e. The Kier molecular flexibility index (Phi) is 4.64. The highest BCUT2D eigenvalue weighted by atomic mass is 32.2. The monoisotopic (exact) mass is 325 g/mol. The van der Waals surface area contributed by atoms with E-state index in [2.05, 4.69) is 4.72 Å². The summed E-state index contributed by atoms with van der Waals surface area (Å²) in [5.74, 6) is -0.409. The van der Waals surface area contributed by atoms with Crippen molar-refractivity contribution in [2.75, 3.05) is 4.72 Å². The van der Waals surface area contributed by atoms with E-state index in [1.807, 2.05) is 6.92 Å². The van der Waals surface area contributed by atoms with E-state index in [9.17, 15) is 13.2 Å². The van der Waals surface area contributed by atoms with Crippen LogP contribution in [0, 0.1) is 6.92 Å². The molecular weight excluding hydrogens is 310 g/mol. The average Bonchev–Trinajstić information content (AvgIpc) is 2.85. The third-order valence-electron chi connectivity index (χ3n) is 2.70. The Labute approximate surface area is 127 Å². The van der Waals surface area contributed by atoms with Crippen molar-refractivity contribution >= 4 is 33.0 Å². The number of esters is 1. The van der Waals surface area contributed by atoms with Crippen molar-refractivity contribution in [2.45, 2.75) is 25.2 Å². The van der Waals surface area contributed by atoms with Crippen molar-refractivity contribution in [3.63, 3.8) is 0 Å². The van der Waals surface area contributed by atoms with Crippen LogP contribution in [0.5, 0.6) is 5.06 Å². The summed E-state index contributed by atoms with van der Waals surface area (Å²) in [6.45, 7) is 3.55. The van der Waals surface area contributed by atoms with Crippen molar-refractivity contribution in [3.8, 4) is 5.06 Å². The molecule has 0 aliphatic carbocycles. The van der Waals surface area contributed by atoms with Crippen LogP contribution in [0.25, 0.3) is 0 Å². The molecular formula is C14H15NO4S2. The first-order valence-corrected chi connectivity index (χ1v) is 8.66. The second kappa shape index (κ2) is 6.28. The second-order valence-electron chi connectivity index (χ2n) is 4.37. The van der Waals surface area contributed by atoms with Crippen LogP contribution in [0.15, 0.2) is 40.6 Å². The van der Waals surface area contributed by atoms with Crippen LogP contribution in [-0.2, 0) is 14.8 Å². The van der Waals surface area contributed by atoms with Gasteiger partial charge in [-0.1, -0.05) is 24.6 Å². The number of rotatable bonds is 5. The highest BCUT2D eigenvalue weighted by molar-refractivity contribution is 7.92. The third-order valence-corrected chi connectivity index (χ3v) is 4.87. The lowest BCUT2D eigenvalue weighted by Gasteiger charge is -2.09. The summed E-state index contributed by atoms with van der Waals surface area (Å²) in [6, 6.07) is 8.07. The average molecular weight is 325 g/mol. The molecule has 2 aromatic rings. The smallest absolute Gasteiger partial charge is 0.311 e. The molecule has 1 N–H and O–H groups in total. The Bertz CT molecular complexity index is 733. The van der Waals surface area contributed by atoms with E-state index in [0.29, 0.717) is 0 Å². The van der Waals surface area contributed by atoms with Gasteiger partial charge in [-0.05, 0) is 30.5 Å². The molecule has 1 heterocycles. The maximum absolute atomic E-state index is 12.3. The first kappa shape index (κ1) is 15.5. The lowest BCUT2D eigenvalue weighted by molar-refractivity contribution is -0.133. The SMILES string of the molecule is CCC(=O)Oc1sccc1NS(=O)(=O)c1ccc(C)cc1. The Morgan fingerprint density at radius 3 is 2.52 bits per heavy atom. The van der Waals surface area contributed by atoms with Crippen molar-refractivity contribution in [3.05, 3.63) is 41.3 Å². The number of thiophene rings is 1. The Hall–Kier alpha value is -1.86. The molecule has 0 aliphatic heterocycles. The Balaban J connectivity index is 2.23. The largest absolute Gasteiger partial charge is 0.413 e. The van der Waals surface area contributed by atoms with Gasteiger partial charge in [-0.15, -0.1) is 11.3 Å². The number of hydrogen-bond acceptors (Lipinski definition) is 5. The van der Waals surface area contributed by atoms with Crippen molar-refractivity contribution < 1.29 is 17.9 Å². The van der Waals surface area contributed by atoms with Crippen LogP contribution in [0.4, 0.5) is 5.69 Å². The number of benzene rings is 1. The molecule has 1 aromatic carbocycles. The number of aryl methyl sites for hydroxylation is 1. The number of ether oxygens (including phenoxy) is 1. The second-order valence-corrected chi connectivity index (χ2v) is 6.93. The first-order valence-electron chi connectivity index (χ1n) is 6.30. The number of carbonyl (C=O) groups is 1. The van der Waals surface area contributed by atoms with Crippen molar-refractivity contribution in [1.82, 2.24) is 0 Å². The fourth-order valence-electron chi connectivity index (χ4n) is 1.55. The van der Waals surface area contributed by atoms with E-state index in [4.69, 9.17) is 4.74 Å². The predicted octanol–water partition coefficient (Wildman–Crippen LogP) is 3.17. The van der Waals surface area contributed by atoms with Crippen LogP contribution >= 0.6 is 11.3 Å². The van der Waals surface area contributed by atoms with Gasteiger partial charge in [-0.25, -0.2) is 8.42 Å². The summed E-state index contributed by atoms with van der Waals surface area (Å²) in [5.41, 5.74) is 1.24. The van der Waals surface area contributed by atoms with E-state index in [1.165, 1.54) is 12.1 Å². The molecule has 7 heteroatoms. The van der Waals surface area contributed by atoms with Gasteiger partial charge in [0.05, 0.1) is 4.90 Å². The molecule has 112 valence electrons. The first-order chi connectivity index (χ1) is 9.92. The number of hydrogen-bond donors (Lipinski definition) is 1. The topological polar surface area (TPSA) is 72.5 Å². The highest BCUT2D eigenvalue weighted by Gasteiger charge is 2.18. The number of carbonyl (C=O) groups excluding carboxylic acids is 1. The molecule has 0 saturated heterocycles. The molecule has 1 aromatic heterocycles. The lowest BCUT2D eigenvalue weighted by atomic mass is 10.2. The minimum Gasteiger partial charge on any atom is -0.413 e. The molecule has 0 bridgehead atoms. The van der Waals surface area contributed by atoms with Gasteiger partial charge in [-0.3, -0.25) is 9.52 Å². The van der Waals surface area contributed by atoms with Crippen LogP contribution in [0.3, 0.4) is 0 Å². The molecule has 0 fully saturated rings. The highest BCUT2D eigenvalue weighted by Crippen LogP contribution is 2.33. The quantitative estimate of drug-likeness (QED) is 0.857. The number of sulfonamides is 1. The molecule has 0 unspecified atom stereocenters.